The van der Waals surface area contributed by atoms with Crippen molar-refractivity contribution in [1.82, 2.24) is 0 Å². The minimum Gasteiger partial charge on any atom is -0.478 e. The third-order valence-corrected chi connectivity index (χ3v) is 2.27. The van der Waals surface area contributed by atoms with Crippen molar-refractivity contribution in [3.63, 3.8) is 0 Å². The van der Waals surface area contributed by atoms with Gasteiger partial charge in [0, 0.05) is 17.0 Å². The van der Waals surface area contributed by atoms with Crippen molar-refractivity contribution >= 4 is 35.0 Å². The first-order valence-electron chi connectivity index (χ1n) is 2.83. The van der Waals surface area contributed by atoms with Gasteiger partial charge < -0.3 is 5.11 Å². The summed E-state index contributed by atoms with van der Waals surface area (Å²) in [5.74, 6) is -0.965. The molecule has 58 valence electrons. The van der Waals surface area contributed by atoms with E-state index < -0.39 is 5.97 Å². The third kappa shape index (κ3) is 2.37. The Hall–Kier alpha value is -0.800. The van der Waals surface area contributed by atoms with E-state index in [0.29, 0.717) is 5.02 Å². The summed E-state index contributed by atoms with van der Waals surface area (Å²) in [7, 11) is 0. The van der Waals surface area contributed by atoms with Crippen LogP contribution in [0, 0.1) is 0 Å². The lowest BCUT2D eigenvalue weighted by Gasteiger charge is -1.84. The molecule has 11 heavy (non-hydrogen) atoms. The monoisotopic (exact) mass is 188 g/mol. The molecule has 0 fully saturated rings. The molecule has 0 bridgehead atoms. The number of thiophene rings is 1. The fraction of sp³-hybridized carbons (Fsp3) is 0. The van der Waals surface area contributed by atoms with Crippen molar-refractivity contribution in [1.29, 1.82) is 0 Å². The van der Waals surface area contributed by atoms with E-state index >= 15 is 0 Å². The maximum absolute atomic E-state index is 10.1. The minimum atomic E-state index is -0.965. The van der Waals surface area contributed by atoms with Gasteiger partial charge in [-0.2, -0.15) is 11.3 Å². The van der Waals surface area contributed by atoms with E-state index in [9.17, 15) is 4.79 Å². The molecular formula is C7H5ClO2S. The maximum atomic E-state index is 10.1. The average Bonchev–Trinajstić information content (AvgIpc) is 2.31. The Balaban J connectivity index is 2.79. The molecule has 0 aliphatic carbocycles. The summed E-state index contributed by atoms with van der Waals surface area (Å²) in [5.41, 5.74) is 0.749. The second-order valence-corrected chi connectivity index (χ2v) is 3.00. The Kier molecular flexibility index (Phi) is 2.68. The summed E-state index contributed by atoms with van der Waals surface area (Å²) in [4.78, 5) is 10.1. The minimum absolute atomic E-state index is 0.590. The van der Waals surface area contributed by atoms with Crippen molar-refractivity contribution < 1.29 is 9.90 Å². The van der Waals surface area contributed by atoms with E-state index in [4.69, 9.17) is 16.7 Å². The largest absolute Gasteiger partial charge is 0.478 e. The third-order valence-electron chi connectivity index (χ3n) is 1.05. The summed E-state index contributed by atoms with van der Waals surface area (Å²) in [6.07, 6.45) is 2.54. The molecular weight excluding hydrogens is 184 g/mol. The van der Waals surface area contributed by atoms with Crippen molar-refractivity contribution in [3.8, 4) is 0 Å². The van der Waals surface area contributed by atoms with Crippen LogP contribution in [0.5, 0.6) is 0 Å². The van der Waals surface area contributed by atoms with Crippen LogP contribution in [-0.2, 0) is 4.79 Å². The fourth-order valence-electron chi connectivity index (χ4n) is 0.571. The molecule has 2 nitrogen and oxygen atoms in total. The van der Waals surface area contributed by atoms with Crippen LogP contribution in [-0.4, -0.2) is 11.1 Å². The number of carboxylic acid groups (broad SMARTS) is 1. The van der Waals surface area contributed by atoms with Gasteiger partial charge in [0.2, 0.25) is 0 Å². The Morgan fingerprint density at radius 3 is 2.82 bits per heavy atom. The van der Waals surface area contributed by atoms with Gasteiger partial charge in [-0.25, -0.2) is 4.79 Å². The number of halogens is 1. The van der Waals surface area contributed by atoms with Crippen LogP contribution < -0.4 is 0 Å². The molecule has 4 heteroatoms. The highest BCUT2D eigenvalue weighted by molar-refractivity contribution is 7.08. The second kappa shape index (κ2) is 3.55. The molecule has 1 aromatic rings. The standard InChI is InChI=1S/C7H5ClO2S/c8-6-4-11-3-5(6)1-2-7(9)10/h1-4H,(H,9,10)/b2-1+. The normalized spacial score (nSPS) is 10.6. The quantitative estimate of drug-likeness (QED) is 0.725. The molecule has 0 aliphatic heterocycles. The van der Waals surface area contributed by atoms with Gasteiger partial charge in [0.25, 0.3) is 0 Å². The van der Waals surface area contributed by atoms with Crippen molar-refractivity contribution in [3.05, 3.63) is 27.4 Å². The zero-order chi connectivity index (χ0) is 8.27. The zero-order valence-corrected chi connectivity index (χ0v) is 7.02. The summed E-state index contributed by atoms with van der Waals surface area (Å²) in [5, 5.41) is 12.4. The second-order valence-electron chi connectivity index (χ2n) is 1.85. The van der Waals surface area contributed by atoms with Gasteiger partial charge in [0.15, 0.2) is 0 Å². The van der Waals surface area contributed by atoms with Crippen LogP contribution in [0.15, 0.2) is 16.8 Å². The van der Waals surface area contributed by atoms with E-state index in [1.54, 1.807) is 10.8 Å². The molecule has 1 N–H and O–H groups in total. The number of hydrogen-bond acceptors (Lipinski definition) is 2. The molecule has 0 aromatic carbocycles. The molecule has 0 atom stereocenters. The average molecular weight is 189 g/mol. The molecule has 0 radical (unpaired) electrons. The number of aliphatic carboxylic acids is 1. The lowest BCUT2D eigenvalue weighted by molar-refractivity contribution is -0.131. The summed E-state index contributed by atoms with van der Waals surface area (Å²) in [6, 6.07) is 0. The molecule has 0 amide bonds. The topological polar surface area (TPSA) is 37.3 Å². The fourth-order valence-corrected chi connectivity index (χ4v) is 1.58. The first kappa shape index (κ1) is 8.30. The van der Waals surface area contributed by atoms with Gasteiger partial charge in [-0.15, -0.1) is 0 Å². The van der Waals surface area contributed by atoms with Crippen LogP contribution in [0.2, 0.25) is 5.02 Å². The highest BCUT2D eigenvalue weighted by Gasteiger charge is 1.96. The lowest BCUT2D eigenvalue weighted by atomic mass is 10.3. The molecule has 0 saturated heterocycles. The van der Waals surface area contributed by atoms with Crippen LogP contribution in [0.3, 0.4) is 0 Å². The van der Waals surface area contributed by atoms with Gasteiger partial charge in [-0.05, 0) is 11.5 Å². The van der Waals surface area contributed by atoms with E-state index in [0.717, 1.165) is 11.6 Å². The Morgan fingerprint density at radius 1 is 1.64 bits per heavy atom. The van der Waals surface area contributed by atoms with Gasteiger partial charge in [-0.1, -0.05) is 11.6 Å². The van der Waals surface area contributed by atoms with E-state index in [2.05, 4.69) is 0 Å². The highest BCUT2D eigenvalue weighted by atomic mass is 35.5. The molecule has 1 heterocycles. The lowest BCUT2D eigenvalue weighted by Crippen LogP contribution is -1.84. The van der Waals surface area contributed by atoms with Gasteiger partial charge in [-0.3, -0.25) is 0 Å². The number of rotatable bonds is 2. The predicted molar refractivity (Wildman–Crippen MR) is 46.0 cm³/mol. The number of carbonyl (C=O) groups is 1. The van der Waals surface area contributed by atoms with Crippen molar-refractivity contribution in [2.24, 2.45) is 0 Å². The molecule has 1 rings (SSSR count). The van der Waals surface area contributed by atoms with Crippen LogP contribution in [0.4, 0.5) is 0 Å². The predicted octanol–water partition coefficient (Wildman–Crippen LogP) is 2.50. The molecule has 0 spiro atoms. The SMILES string of the molecule is O=C(O)/C=C/c1cscc1Cl. The van der Waals surface area contributed by atoms with E-state index in [1.165, 1.54) is 17.4 Å². The summed E-state index contributed by atoms with van der Waals surface area (Å²) >= 11 is 7.13. The Labute approximate surface area is 72.7 Å². The van der Waals surface area contributed by atoms with Crippen LogP contribution in [0.25, 0.3) is 6.08 Å². The summed E-state index contributed by atoms with van der Waals surface area (Å²) in [6.45, 7) is 0. The van der Waals surface area contributed by atoms with Gasteiger partial charge in [0.05, 0.1) is 5.02 Å². The van der Waals surface area contributed by atoms with Crippen molar-refractivity contribution in [2.75, 3.05) is 0 Å². The van der Waals surface area contributed by atoms with Gasteiger partial charge >= 0.3 is 5.97 Å². The maximum Gasteiger partial charge on any atom is 0.328 e. The first-order valence-corrected chi connectivity index (χ1v) is 4.15. The van der Waals surface area contributed by atoms with E-state index in [1.807, 2.05) is 0 Å². The van der Waals surface area contributed by atoms with Crippen LogP contribution in [0.1, 0.15) is 5.56 Å². The molecule has 0 unspecified atom stereocenters. The Bertz CT molecular complexity index is 290. The Morgan fingerprint density at radius 2 is 2.36 bits per heavy atom. The zero-order valence-electron chi connectivity index (χ0n) is 5.45. The number of carboxylic acids is 1. The van der Waals surface area contributed by atoms with Crippen LogP contribution >= 0.6 is 22.9 Å². The molecule has 0 aliphatic rings. The van der Waals surface area contributed by atoms with E-state index in [-0.39, 0.29) is 0 Å². The van der Waals surface area contributed by atoms with Gasteiger partial charge in [0.1, 0.15) is 0 Å². The number of hydrogen-bond donors (Lipinski definition) is 1. The first-order chi connectivity index (χ1) is 5.20. The smallest absolute Gasteiger partial charge is 0.328 e. The molecule has 1 aromatic heterocycles. The summed E-state index contributed by atoms with van der Waals surface area (Å²) < 4.78 is 0. The highest BCUT2D eigenvalue weighted by Crippen LogP contribution is 2.21. The molecule has 0 saturated carbocycles. The van der Waals surface area contributed by atoms with Crippen molar-refractivity contribution in [2.45, 2.75) is 0 Å².